The van der Waals surface area contributed by atoms with Gasteiger partial charge in [-0.3, -0.25) is 9.59 Å². The van der Waals surface area contributed by atoms with E-state index >= 15 is 0 Å². The van der Waals surface area contributed by atoms with E-state index < -0.39 is 0 Å². The third kappa shape index (κ3) is 5.95. The summed E-state index contributed by atoms with van der Waals surface area (Å²) in [6.07, 6.45) is 0.797. The van der Waals surface area contributed by atoms with Gasteiger partial charge in [-0.05, 0) is 19.0 Å². The van der Waals surface area contributed by atoms with Crippen LogP contribution in [0.5, 0.6) is 0 Å². The lowest BCUT2D eigenvalue weighted by Gasteiger charge is -2.21. The van der Waals surface area contributed by atoms with Crippen LogP contribution in [0.25, 0.3) is 0 Å². The minimum Gasteiger partial charge on any atom is -0.469 e. The van der Waals surface area contributed by atoms with E-state index in [1.807, 2.05) is 44.3 Å². The third-order valence-corrected chi connectivity index (χ3v) is 3.34. The average Bonchev–Trinajstić information content (AvgIpc) is 2.51. The number of nitrogens with one attached hydrogen (secondary N) is 2. The van der Waals surface area contributed by atoms with Gasteiger partial charge in [-0.1, -0.05) is 37.3 Å². The largest absolute Gasteiger partial charge is 0.469 e. The van der Waals surface area contributed by atoms with Gasteiger partial charge in [0.05, 0.1) is 13.2 Å². The van der Waals surface area contributed by atoms with Gasteiger partial charge >= 0.3 is 5.97 Å². The molecule has 2 atom stereocenters. The van der Waals surface area contributed by atoms with Crippen molar-refractivity contribution >= 4 is 11.9 Å². The number of benzene rings is 1. The number of carbonyl (C=O) groups excluding carboxylic acids is 2. The SMILES string of the molecule is CNCC(C)C(=O)NC(CCC(=O)OC)c1ccccc1. The maximum atomic E-state index is 12.2. The molecule has 0 saturated heterocycles. The number of hydrogen-bond acceptors (Lipinski definition) is 4. The highest BCUT2D eigenvalue weighted by atomic mass is 16.5. The first-order valence-electron chi connectivity index (χ1n) is 7.15. The van der Waals surface area contributed by atoms with Crippen LogP contribution in [0.15, 0.2) is 30.3 Å². The second kappa shape index (κ2) is 9.13. The highest BCUT2D eigenvalue weighted by molar-refractivity contribution is 5.79. The number of rotatable bonds is 8. The fourth-order valence-electron chi connectivity index (χ4n) is 2.08. The molecule has 0 bridgehead atoms. The molecule has 0 radical (unpaired) electrons. The minimum absolute atomic E-state index is 0.0249. The van der Waals surface area contributed by atoms with Gasteiger partial charge < -0.3 is 15.4 Å². The molecule has 1 amide bonds. The van der Waals surface area contributed by atoms with Crippen molar-refractivity contribution in [3.05, 3.63) is 35.9 Å². The summed E-state index contributed by atoms with van der Waals surface area (Å²) in [6.45, 7) is 2.48. The lowest BCUT2D eigenvalue weighted by atomic mass is 10.0. The Bertz CT molecular complexity index is 448. The molecule has 0 saturated carbocycles. The molecular formula is C16H24N2O3. The first-order chi connectivity index (χ1) is 10.1. The van der Waals surface area contributed by atoms with E-state index in [0.29, 0.717) is 13.0 Å². The summed E-state index contributed by atoms with van der Waals surface area (Å²) < 4.78 is 4.67. The zero-order chi connectivity index (χ0) is 15.7. The van der Waals surface area contributed by atoms with Crippen molar-refractivity contribution in [3.63, 3.8) is 0 Å². The summed E-state index contributed by atoms with van der Waals surface area (Å²) in [5.41, 5.74) is 0.992. The molecule has 0 heterocycles. The summed E-state index contributed by atoms with van der Waals surface area (Å²) in [5.74, 6) is -0.420. The lowest BCUT2D eigenvalue weighted by Crippen LogP contribution is -2.37. The van der Waals surface area contributed by atoms with Crippen molar-refractivity contribution in [2.75, 3.05) is 20.7 Å². The number of hydrogen-bond donors (Lipinski definition) is 2. The topological polar surface area (TPSA) is 67.4 Å². The van der Waals surface area contributed by atoms with Gasteiger partial charge in [-0.15, -0.1) is 0 Å². The first-order valence-corrected chi connectivity index (χ1v) is 7.15. The standard InChI is InChI=1S/C16H24N2O3/c1-12(11-17-2)16(20)18-14(9-10-15(19)21-3)13-7-5-4-6-8-13/h4-8,12,14,17H,9-11H2,1-3H3,(H,18,20). The fraction of sp³-hybridized carbons (Fsp3) is 0.500. The molecule has 0 aliphatic rings. The van der Waals surface area contributed by atoms with E-state index in [2.05, 4.69) is 15.4 Å². The summed E-state index contributed by atoms with van der Waals surface area (Å²) >= 11 is 0. The highest BCUT2D eigenvalue weighted by Gasteiger charge is 2.19. The van der Waals surface area contributed by atoms with Gasteiger partial charge in [-0.25, -0.2) is 0 Å². The molecule has 1 rings (SSSR count). The van der Waals surface area contributed by atoms with Gasteiger partial charge in [0.2, 0.25) is 5.91 Å². The van der Waals surface area contributed by atoms with Crippen LogP contribution in [0.2, 0.25) is 0 Å². The van der Waals surface area contributed by atoms with Crippen molar-refractivity contribution in [1.29, 1.82) is 0 Å². The Morgan fingerprint density at radius 3 is 2.48 bits per heavy atom. The Labute approximate surface area is 126 Å². The summed E-state index contributed by atoms with van der Waals surface area (Å²) in [5, 5.41) is 6.00. The molecule has 1 aromatic rings. The molecular weight excluding hydrogens is 268 g/mol. The molecule has 5 heteroatoms. The number of methoxy groups -OCH3 is 1. The summed E-state index contributed by atoms with van der Waals surface area (Å²) in [6, 6.07) is 9.48. The molecule has 2 N–H and O–H groups in total. The predicted octanol–water partition coefficient (Wildman–Crippen LogP) is 1.65. The van der Waals surface area contributed by atoms with Crippen LogP contribution < -0.4 is 10.6 Å². The van der Waals surface area contributed by atoms with Crippen molar-refractivity contribution < 1.29 is 14.3 Å². The number of esters is 1. The van der Waals surface area contributed by atoms with Gasteiger partial charge in [0.15, 0.2) is 0 Å². The molecule has 21 heavy (non-hydrogen) atoms. The van der Waals surface area contributed by atoms with Crippen LogP contribution >= 0.6 is 0 Å². The number of carbonyl (C=O) groups is 2. The Morgan fingerprint density at radius 2 is 1.90 bits per heavy atom. The number of amides is 1. The smallest absolute Gasteiger partial charge is 0.305 e. The normalized spacial score (nSPS) is 13.3. The Morgan fingerprint density at radius 1 is 1.24 bits per heavy atom. The van der Waals surface area contributed by atoms with E-state index in [4.69, 9.17) is 0 Å². The lowest BCUT2D eigenvalue weighted by molar-refractivity contribution is -0.141. The maximum Gasteiger partial charge on any atom is 0.305 e. The molecule has 0 aromatic heterocycles. The van der Waals surface area contributed by atoms with Crippen LogP contribution in [-0.4, -0.2) is 32.6 Å². The van der Waals surface area contributed by atoms with Gasteiger partial charge in [0.25, 0.3) is 0 Å². The minimum atomic E-state index is -0.270. The van der Waals surface area contributed by atoms with E-state index in [9.17, 15) is 9.59 Å². The van der Waals surface area contributed by atoms with E-state index in [0.717, 1.165) is 5.56 Å². The molecule has 0 fully saturated rings. The Hall–Kier alpha value is -1.88. The fourth-order valence-corrected chi connectivity index (χ4v) is 2.08. The second-order valence-corrected chi connectivity index (χ2v) is 5.05. The van der Waals surface area contributed by atoms with Gasteiger partial charge in [-0.2, -0.15) is 0 Å². The second-order valence-electron chi connectivity index (χ2n) is 5.05. The van der Waals surface area contributed by atoms with Crippen molar-refractivity contribution in [1.82, 2.24) is 10.6 Å². The number of ether oxygens (including phenoxy) is 1. The maximum absolute atomic E-state index is 12.2. The quantitative estimate of drug-likeness (QED) is 0.715. The van der Waals surface area contributed by atoms with Crippen LogP contribution in [0.1, 0.15) is 31.4 Å². The van der Waals surface area contributed by atoms with Gasteiger partial charge in [0, 0.05) is 18.9 Å². The zero-order valence-electron chi connectivity index (χ0n) is 12.9. The predicted molar refractivity (Wildman–Crippen MR) is 81.7 cm³/mol. The zero-order valence-corrected chi connectivity index (χ0v) is 12.9. The van der Waals surface area contributed by atoms with E-state index in [1.165, 1.54) is 7.11 Å². The molecule has 2 unspecified atom stereocenters. The monoisotopic (exact) mass is 292 g/mol. The highest BCUT2D eigenvalue weighted by Crippen LogP contribution is 2.19. The van der Waals surface area contributed by atoms with Crippen LogP contribution in [0, 0.1) is 5.92 Å². The van der Waals surface area contributed by atoms with Crippen molar-refractivity contribution in [2.45, 2.75) is 25.8 Å². The third-order valence-electron chi connectivity index (χ3n) is 3.34. The first kappa shape index (κ1) is 17.2. The molecule has 116 valence electrons. The van der Waals surface area contributed by atoms with E-state index in [-0.39, 0.29) is 30.3 Å². The Balaban J connectivity index is 2.72. The van der Waals surface area contributed by atoms with Gasteiger partial charge in [0.1, 0.15) is 0 Å². The molecule has 0 spiro atoms. The van der Waals surface area contributed by atoms with Crippen LogP contribution in [-0.2, 0) is 14.3 Å². The summed E-state index contributed by atoms with van der Waals surface area (Å²) in [4.78, 5) is 23.5. The van der Waals surface area contributed by atoms with Crippen molar-refractivity contribution in [3.8, 4) is 0 Å². The molecule has 5 nitrogen and oxygen atoms in total. The van der Waals surface area contributed by atoms with E-state index in [1.54, 1.807) is 0 Å². The van der Waals surface area contributed by atoms with Crippen LogP contribution in [0.4, 0.5) is 0 Å². The average molecular weight is 292 g/mol. The molecule has 0 aliphatic carbocycles. The van der Waals surface area contributed by atoms with Crippen LogP contribution in [0.3, 0.4) is 0 Å². The molecule has 0 aliphatic heterocycles. The van der Waals surface area contributed by atoms with Crippen molar-refractivity contribution in [2.24, 2.45) is 5.92 Å². The Kier molecular flexibility index (Phi) is 7.46. The summed E-state index contributed by atoms with van der Waals surface area (Å²) in [7, 11) is 3.18. The molecule has 1 aromatic carbocycles.